The van der Waals surface area contributed by atoms with Gasteiger partial charge in [-0.05, 0) is 72.1 Å². The van der Waals surface area contributed by atoms with Crippen LogP contribution in [0.4, 0.5) is 34.1 Å². The van der Waals surface area contributed by atoms with E-state index in [9.17, 15) is 0 Å². The number of ether oxygens (including phenoxy) is 1. The van der Waals surface area contributed by atoms with Crippen molar-refractivity contribution < 1.29 is 4.74 Å². The molecule has 0 amide bonds. The van der Waals surface area contributed by atoms with Gasteiger partial charge in [0.25, 0.3) is 0 Å². The van der Waals surface area contributed by atoms with Crippen molar-refractivity contribution in [3.8, 4) is 11.5 Å². The minimum atomic E-state index is -0.177. The van der Waals surface area contributed by atoms with E-state index in [1.807, 2.05) is 0 Å². The fourth-order valence-electron chi connectivity index (χ4n) is 5.93. The van der Waals surface area contributed by atoms with E-state index in [2.05, 4.69) is 146 Å². The summed E-state index contributed by atoms with van der Waals surface area (Å²) < 4.78 is 6.48. The van der Waals surface area contributed by atoms with Crippen LogP contribution in [-0.4, -0.2) is 0 Å². The quantitative estimate of drug-likeness (QED) is 0.251. The second kappa shape index (κ2) is 8.01. The molecule has 5 aromatic carbocycles. The lowest BCUT2D eigenvalue weighted by Crippen LogP contribution is -2.32. The molecule has 3 heteroatoms. The molecule has 37 heavy (non-hydrogen) atoms. The highest BCUT2D eigenvalue weighted by Crippen LogP contribution is 2.61. The van der Waals surface area contributed by atoms with E-state index < -0.39 is 0 Å². The number of para-hydroxylation sites is 4. The summed E-state index contributed by atoms with van der Waals surface area (Å²) in [6, 6.07) is 40.8. The summed E-state index contributed by atoms with van der Waals surface area (Å²) in [5.74, 6) is 1.80. The minimum Gasteiger partial charge on any atom is -0.453 e. The molecule has 0 aliphatic carbocycles. The zero-order chi connectivity index (χ0) is 25.1. The molecule has 0 atom stereocenters. The van der Waals surface area contributed by atoms with Gasteiger partial charge in [0.15, 0.2) is 11.5 Å². The first-order chi connectivity index (χ1) is 18.0. The van der Waals surface area contributed by atoms with Crippen LogP contribution in [-0.2, 0) is 5.41 Å². The van der Waals surface area contributed by atoms with Crippen molar-refractivity contribution in [2.75, 3.05) is 9.80 Å². The molecule has 0 saturated heterocycles. The van der Waals surface area contributed by atoms with Crippen LogP contribution in [0, 0.1) is 6.92 Å². The van der Waals surface area contributed by atoms with Crippen LogP contribution in [0.1, 0.15) is 30.5 Å². The molecule has 0 radical (unpaired) electrons. The highest BCUT2D eigenvalue weighted by atomic mass is 16.5. The van der Waals surface area contributed by atoms with E-state index in [1.54, 1.807) is 0 Å². The predicted octanol–water partition coefficient (Wildman–Crippen LogP) is 9.68. The van der Waals surface area contributed by atoms with Crippen molar-refractivity contribution >= 4 is 34.1 Å². The van der Waals surface area contributed by atoms with Gasteiger partial charge < -0.3 is 14.5 Å². The number of aryl methyl sites for hydroxylation is 1. The first-order valence-electron chi connectivity index (χ1n) is 12.8. The first-order valence-corrected chi connectivity index (χ1v) is 12.8. The van der Waals surface area contributed by atoms with Crippen LogP contribution in [0.15, 0.2) is 115 Å². The van der Waals surface area contributed by atoms with Crippen molar-refractivity contribution in [1.29, 1.82) is 0 Å². The molecule has 0 N–H and O–H groups in total. The third-order valence-corrected chi connectivity index (χ3v) is 7.72. The maximum atomic E-state index is 6.48. The molecule has 2 aliphatic rings. The van der Waals surface area contributed by atoms with Crippen LogP contribution in [0.5, 0.6) is 11.5 Å². The third kappa shape index (κ3) is 3.20. The average molecular weight is 481 g/mol. The molecule has 0 spiro atoms. The summed E-state index contributed by atoms with van der Waals surface area (Å²) in [4.78, 5) is 4.75. The van der Waals surface area contributed by atoms with Gasteiger partial charge in [0.05, 0.1) is 17.1 Å². The third-order valence-electron chi connectivity index (χ3n) is 7.72. The van der Waals surface area contributed by atoms with Crippen LogP contribution >= 0.6 is 0 Å². The maximum Gasteiger partial charge on any atom is 0.151 e. The van der Waals surface area contributed by atoms with E-state index in [0.717, 1.165) is 39.9 Å². The van der Waals surface area contributed by atoms with Gasteiger partial charge in [-0.3, -0.25) is 0 Å². The van der Waals surface area contributed by atoms with E-state index in [0.29, 0.717) is 0 Å². The van der Waals surface area contributed by atoms with Gasteiger partial charge >= 0.3 is 0 Å². The maximum absolute atomic E-state index is 6.48. The highest BCUT2D eigenvalue weighted by Gasteiger charge is 2.42. The SMILES string of the molecule is Cc1cccc2c1N1c3cc(N(c4ccccc4)c4ccccc4)ccc3C(C)(C)c3cccc(c31)O2. The lowest BCUT2D eigenvalue weighted by atomic mass is 9.73. The molecule has 0 aromatic heterocycles. The van der Waals surface area contributed by atoms with Crippen LogP contribution < -0.4 is 14.5 Å². The number of rotatable bonds is 3. The van der Waals surface area contributed by atoms with Gasteiger partial charge in [-0.25, -0.2) is 0 Å². The number of anilines is 6. The van der Waals surface area contributed by atoms with Crippen LogP contribution in [0.25, 0.3) is 0 Å². The Morgan fingerprint density at radius 3 is 1.89 bits per heavy atom. The molecule has 180 valence electrons. The van der Waals surface area contributed by atoms with Crippen molar-refractivity contribution in [3.05, 3.63) is 132 Å². The molecule has 2 aliphatic heterocycles. The van der Waals surface area contributed by atoms with Gasteiger partial charge in [0.2, 0.25) is 0 Å². The Labute approximate surface area is 218 Å². The smallest absolute Gasteiger partial charge is 0.151 e. The number of nitrogens with zero attached hydrogens (tertiary/aromatic N) is 2. The first kappa shape index (κ1) is 21.8. The number of hydrogen-bond acceptors (Lipinski definition) is 3. The zero-order valence-electron chi connectivity index (χ0n) is 21.3. The molecule has 0 bridgehead atoms. The van der Waals surface area contributed by atoms with Crippen molar-refractivity contribution in [2.24, 2.45) is 0 Å². The predicted molar refractivity (Wildman–Crippen MR) is 153 cm³/mol. The summed E-state index contributed by atoms with van der Waals surface area (Å²) in [7, 11) is 0. The fourth-order valence-corrected chi connectivity index (χ4v) is 5.93. The lowest BCUT2D eigenvalue weighted by Gasteiger charge is -2.45. The fraction of sp³-hybridized carbons (Fsp3) is 0.118. The van der Waals surface area contributed by atoms with Gasteiger partial charge in [-0.2, -0.15) is 0 Å². The summed E-state index contributed by atoms with van der Waals surface area (Å²) in [5.41, 5.74) is 10.4. The van der Waals surface area contributed by atoms with E-state index >= 15 is 0 Å². The van der Waals surface area contributed by atoms with Crippen LogP contribution in [0.3, 0.4) is 0 Å². The number of benzene rings is 5. The highest BCUT2D eigenvalue weighted by molar-refractivity contribution is 5.95. The van der Waals surface area contributed by atoms with Gasteiger partial charge in [0, 0.05) is 22.5 Å². The van der Waals surface area contributed by atoms with Crippen molar-refractivity contribution in [1.82, 2.24) is 0 Å². The molecule has 0 unspecified atom stereocenters. The molecule has 2 heterocycles. The molecule has 5 aromatic rings. The van der Waals surface area contributed by atoms with E-state index in [4.69, 9.17) is 4.74 Å². The molecule has 3 nitrogen and oxygen atoms in total. The Balaban J connectivity index is 1.51. The van der Waals surface area contributed by atoms with Crippen LogP contribution in [0.2, 0.25) is 0 Å². The Hall–Kier alpha value is -4.50. The number of hydrogen-bond donors (Lipinski definition) is 0. The normalized spacial score (nSPS) is 14.2. The van der Waals surface area contributed by atoms with E-state index in [1.165, 1.54) is 22.4 Å². The second-order valence-corrected chi connectivity index (χ2v) is 10.3. The van der Waals surface area contributed by atoms with Crippen molar-refractivity contribution in [2.45, 2.75) is 26.2 Å². The van der Waals surface area contributed by atoms with Crippen molar-refractivity contribution in [3.63, 3.8) is 0 Å². The lowest BCUT2D eigenvalue weighted by molar-refractivity contribution is 0.471. The molecular weight excluding hydrogens is 452 g/mol. The molecule has 0 fully saturated rings. The Bertz CT molecular complexity index is 1600. The largest absolute Gasteiger partial charge is 0.453 e. The zero-order valence-corrected chi connectivity index (χ0v) is 21.3. The molecule has 0 saturated carbocycles. The van der Waals surface area contributed by atoms with E-state index in [-0.39, 0.29) is 5.41 Å². The summed E-state index contributed by atoms with van der Waals surface area (Å²) >= 11 is 0. The van der Waals surface area contributed by atoms with Gasteiger partial charge in [-0.1, -0.05) is 80.6 Å². The Kier molecular flexibility index (Phi) is 4.71. The summed E-state index contributed by atoms with van der Waals surface area (Å²) in [6.45, 7) is 6.80. The van der Waals surface area contributed by atoms with Gasteiger partial charge in [0.1, 0.15) is 0 Å². The summed E-state index contributed by atoms with van der Waals surface area (Å²) in [5, 5.41) is 0. The topological polar surface area (TPSA) is 15.7 Å². The monoisotopic (exact) mass is 480 g/mol. The standard InChI is InChI=1S/C34H28N2O/c1-23-12-10-18-30-32(23)36-29-22-26(35(24-13-6-4-7-14-24)25-15-8-5-9-16-25)20-21-27(29)34(2,3)28-17-11-19-31(37-30)33(28)36/h4-22H,1-3H3. The number of fused-ring (bicyclic) bond motifs is 4. The Morgan fingerprint density at radius 1 is 0.595 bits per heavy atom. The average Bonchev–Trinajstić information content (AvgIpc) is 2.92. The second-order valence-electron chi connectivity index (χ2n) is 10.3. The van der Waals surface area contributed by atoms with Gasteiger partial charge in [-0.15, -0.1) is 0 Å². The Morgan fingerprint density at radius 2 is 1.22 bits per heavy atom. The molecule has 7 rings (SSSR count). The molecular formula is C34H28N2O. The minimum absolute atomic E-state index is 0.177. The summed E-state index contributed by atoms with van der Waals surface area (Å²) in [6.07, 6.45) is 0.